The van der Waals surface area contributed by atoms with Crippen molar-refractivity contribution in [2.75, 3.05) is 116 Å². The van der Waals surface area contributed by atoms with E-state index in [2.05, 4.69) is 59.3 Å². The van der Waals surface area contributed by atoms with Gasteiger partial charge in [-0.2, -0.15) is 18.4 Å². The van der Waals surface area contributed by atoms with Gasteiger partial charge in [0.2, 0.25) is 17.6 Å². The molecule has 4 aromatic rings. The van der Waals surface area contributed by atoms with Gasteiger partial charge in [-0.3, -0.25) is 33.4 Å². The van der Waals surface area contributed by atoms with Crippen LogP contribution in [0.25, 0.3) is 22.3 Å². The van der Waals surface area contributed by atoms with Gasteiger partial charge in [0.1, 0.15) is 23.9 Å². The zero-order chi connectivity index (χ0) is 50.8. The molecular formula is C45H56IN11O13S. The van der Waals surface area contributed by atoms with Crippen LogP contribution >= 0.6 is 22.6 Å². The molecule has 3 aromatic heterocycles. The molecule has 2 saturated heterocycles. The molecule has 1 aromatic carbocycles. The number of aromatic nitrogens is 5. The predicted molar refractivity (Wildman–Crippen MR) is 262 cm³/mol. The number of nitrogens with one attached hydrogen (secondary N) is 3. The number of piperazine rings is 1. The van der Waals surface area contributed by atoms with Crippen molar-refractivity contribution in [3.8, 4) is 17.6 Å². The van der Waals surface area contributed by atoms with Gasteiger partial charge >= 0.3 is 0 Å². The molecule has 0 unspecified atom stereocenters. The normalized spacial score (nSPS) is 14.8. The summed E-state index contributed by atoms with van der Waals surface area (Å²) in [6.07, 6.45) is 4.79. The maximum atomic E-state index is 13.8. The number of benzene rings is 1. The summed E-state index contributed by atoms with van der Waals surface area (Å²) < 4.78 is 61.8. The number of rotatable bonds is 26. The number of nitrogens with zero attached hydrogens (tertiary/aromatic N) is 8. The molecule has 4 amide bonds. The van der Waals surface area contributed by atoms with Gasteiger partial charge in [0.05, 0.1) is 92.3 Å². The highest BCUT2D eigenvalue weighted by atomic mass is 127. The number of carbonyl (C=O) groups is 5. The van der Waals surface area contributed by atoms with Crippen LogP contribution in [0.3, 0.4) is 0 Å². The number of fused-ring (bicyclic) bond motifs is 1. The topological polar surface area (TPSA) is 303 Å². The monoisotopic (exact) mass is 1120 g/mol. The summed E-state index contributed by atoms with van der Waals surface area (Å²) in [5.74, 6) is -4.11. The number of H-pyrrole nitrogens is 1. The molecule has 382 valence electrons. The average Bonchev–Trinajstić information content (AvgIpc) is 4.06. The number of halogens is 1. The first-order valence-corrected chi connectivity index (χ1v) is 25.8. The number of nitriles is 1. The Bertz CT molecular complexity index is 2660. The number of ether oxygens (including phenoxy) is 5. The molecule has 2 aliphatic heterocycles. The van der Waals surface area contributed by atoms with Crippen molar-refractivity contribution in [1.29, 1.82) is 5.26 Å². The molecule has 0 spiro atoms. The highest BCUT2D eigenvalue weighted by Crippen LogP contribution is 2.33. The first-order chi connectivity index (χ1) is 34.3. The number of hydrogen-bond donors (Lipinski definition) is 4. The van der Waals surface area contributed by atoms with Gasteiger partial charge in [-0.05, 0) is 24.0 Å². The number of amides is 4. The predicted octanol–water partition coefficient (Wildman–Crippen LogP) is 1.03. The summed E-state index contributed by atoms with van der Waals surface area (Å²) in [6.45, 7) is 4.40. The van der Waals surface area contributed by atoms with Crippen LogP contribution in [0.5, 0.6) is 5.75 Å². The Balaban J connectivity index is 0.951. The number of allylic oxidation sites excluding steroid dienone is 1. The molecule has 0 saturated carbocycles. The first-order valence-electron chi connectivity index (χ1n) is 22.7. The molecule has 1 atom stereocenters. The second kappa shape index (κ2) is 27.0. The number of methoxy groups -OCH3 is 1. The first kappa shape index (κ1) is 54.4. The van der Waals surface area contributed by atoms with Crippen LogP contribution in [0, 0.1) is 11.3 Å². The van der Waals surface area contributed by atoms with Gasteiger partial charge in [-0.1, -0.05) is 52.9 Å². The molecule has 2 fully saturated rings. The lowest BCUT2D eigenvalue weighted by molar-refractivity contribution is -0.137. The Hall–Kier alpha value is -5.93. The summed E-state index contributed by atoms with van der Waals surface area (Å²) >= 11 is 2.10. The fraction of sp³-hybridized carbons (Fsp3) is 0.489. The number of pyridine rings is 1. The number of carbonyl (C=O) groups excluding carboxylic acids is 5. The number of piperidine rings is 1. The summed E-state index contributed by atoms with van der Waals surface area (Å²) in [7, 11) is -3.23. The van der Waals surface area contributed by atoms with Gasteiger partial charge in [-0.15, -0.1) is 5.10 Å². The van der Waals surface area contributed by atoms with Crippen molar-refractivity contribution in [2.24, 2.45) is 0 Å². The van der Waals surface area contributed by atoms with Gasteiger partial charge < -0.3 is 49.1 Å². The van der Waals surface area contributed by atoms with E-state index in [-0.39, 0.29) is 87.3 Å². The highest BCUT2D eigenvalue weighted by Gasteiger charge is 2.33. The zero-order valence-corrected chi connectivity index (χ0v) is 42.0. The van der Waals surface area contributed by atoms with Crippen molar-refractivity contribution in [3.63, 3.8) is 0 Å². The van der Waals surface area contributed by atoms with Crippen molar-refractivity contribution >= 4 is 78.6 Å². The fourth-order valence-electron chi connectivity index (χ4n) is 7.87. The second-order valence-corrected chi connectivity index (χ2v) is 18.2. The third-order valence-corrected chi connectivity index (χ3v) is 12.7. The van der Waals surface area contributed by atoms with Crippen molar-refractivity contribution in [1.82, 2.24) is 50.1 Å². The molecule has 6 rings (SSSR count). The van der Waals surface area contributed by atoms with E-state index in [1.54, 1.807) is 0 Å². The third-order valence-electron chi connectivity index (χ3n) is 11.5. The molecule has 5 heterocycles. The average molecular weight is 1120 g/mol. The number of hydrogen-bond acceptors (Lipinski definition) is 17. The van der Waals surface area contributed by atoms with Crippen molar-refractivity contribution < 1.29 is 60.6 Å². The van der Waals surface area contributed by atoms with Crippen LogP contribution in [0.1, 0.15) is 45.8 Å². The van der Waals surface area contributed by atoms with Crippen LogP contribution in [0.15, 0.2) is 54.6 Å². The summed E-state index contributed by atoms with van der Waals surface area (Å²) in [4.78, 5) is 83.0. The van der Waals surface area contributed by atoms with Gasteiger partial charge in [0, 0.05) is 65.0 Å². The molecule has 24 nitrogen and oxygen atoms in total. The Morgan fingerprint density at radius 3 is 2.20 bits per heavy atom. The van der Waals surface area contributed by atoms with Gasteiger partial charge in [-0.25, -0.2) is 9.97 Å². The maximum Gasteiger partial charge on any atom is 0.295 e. The van der Waals surface area contributed by atoms with Gasteiger partial charge in [0.15, 0.2) is 5.82 Å². The lowest BCUT2D eigenvalue weighted by Crippen LogP contribution is -2.57. The third kappa shape index (κ3) is 15.5. The maximum absolute atomic E-state index is 13.8. The highest BCUT2D eigenvalue weighted by molar-refractivity contribution is 14.1. The van der Waals surface area contributed by atoms with E-state index in [1.807, 2.05) is 35.2 Å². The number of likely N-dealkylation sites (tertiary alicyclic amines) is 1. The van der Waals surface area contributed by atoms with E-state index in [0.717, 1.165) is 11.1 Å². The van der Waals surface area contributed by atoms with E-state index in [9.17, 15) is 42.2 Å². The summed E-state index contributed by atoms with van der Waals surface area (Å²) in [6, 6.07) is 10.1. The van der Waals surface area contributed by atoms with E-state index >= 15 is 0 Å². The quantitative estimate of drug-likeness (QED) is 0.0130. The number of alkyl halides is 1. The van der Waals surface area contributed by atoms with E-state index in [0.29, 0.717) is 74.6 Å². The van der Waals surface area contributed by atoms with Crippen LogP contribution in [0.4, 0.5) is 0 Å². The summed E-state index contributed by atoms with van der Waals surface area (Å²) in [5.41, 5.74) is 2.67. The minimum Gasteiger partial charge on any atom is -0.494 e. The van der Waals surface area contributed by atoms with Crippen molar-refractivity contribution in [2.45, 2.75) is 25.3 Å². The Morgan fingerprint density at radius 2 is 1.56 bits per heavy atom. The lowest BCUT2D eigenvalue weighted by Gasteiger charge is -2.36. The van der Waals surface area contributed by atoms with Crippen LogP contribution < -0.4 is 15.4 Å². The summed E-state index contributed by atoms with van der Waals surface area (Å²) in [5, 5.41) is 19.7. The zero-order valence-electron chi connectivity index (χ0n) is 39.0. The second-order valence-electron chi connectivity index (χ2n) is 16.1. The molecular weight excluding hydrogens is 1060 g/mol. The number of aromatic amines is 1. The van der Waals surface area contributed by atoms with E-state index < -0.39 is 51.3 Å². The van der Waals surface area contributed by atoms with Crippen LogP contribution in [0.2, 0.25) is 0 Å². The molecule has 4 N–H and O–H groups in total. The molecule has 71 heavy (non-hydrogen) atoms. The molecule has 0 radical (unpaired) electrons. The Morgan fingerprint density at radius 1 is 0.901 bits per heavy atom. The number of ketones is 1. The smallest absolute Gasteiger partial charge is 0.295 e. The largest absolute Gasteiger partial charge is 0.494 e. The van der Waals surface area contributed by atoms with Crippen LogP contribution in [-0.2, 0) is 43.4 Å². The molecule has 2 aliphatic rings. The fourth-order valence-corrected chi connectivity index (χ4v) is 8.83. The van der Waals surface area contributed by atoms with Gasteiger partial charge in [0.25, 0.3) is 27.7 Å². The Kier molecular flexibility index (Phi) is 20.7. The molecule has 26 heteroatoms. The van der Waals surface area contributed by atoms with Crippen molar-refractivity contribution in [3.05, 3.63) is 71.6 Å². The Labute approximate surface area is 423 Å². The molecule has 0 aliphatic carbocycles. The number of Topliss-reactive ketones (excluding diaryl/α,β-unsaturated/α-hetero) is 1. The van der Waals surface area contributed by atoms with Crippen LogP contribution in [-0.4, -0.2) is 204 Å². The molecule has 0 bridgehead atoms. The van der Waals surface area contributed by atoms with E-state index in [4.69, 9.17) is 23.7 Å². The standard InChI is InChI=1S/C45H56IN11O13S/c1-66-36-27-50-42(39-38(36)34(26-49-39)40(59)45(62)55-11-7-32(8-12-55)33(25-47)31-5-3-2-4-6-31)57-30-51-41(53-57)43(60)48-10-13-54-14-16-56(17-15-54)44(61)35(28-71(63,64)65)52-37(58)9-18-67-19-20-68-21-22-69-23-24-70-29-46/h2-6,26-27,30,35,49H,7-24,28-29H2,1H3,(H,48,60)(H,52,58)(H,63,64,65)/t35-/m0/s1. The minimum absolute atomic E-state index is 0.00625. The van der Waals surface area contributed by atoms with E-state index in [1.165, 1.54) is 40.3 Å². The SMILES string of the molecule is COc1cnc(-n2cnc(C(=O)NCCN3CCN(C(=O)[C@H](CS(=O)(=O)O)NC(=O)CCOCCOCCOCCOCI)CC3)n2)c2[nH]cc(C(=O)C(=O)N3CCC(=C(C#N)c4ccccc4)CC3)c12. The minimum atomic E-state index is -4.63. The lowest BCUT2D eigenvalue weighted by atomic mass is 9.93.